The molecule has 0 radical (unpaired) electrons. The molecule has 0 aliphatic heterocycles. The molecule has 0 saturated carbocycles. The van der Waals surface area contributed by atoms with E-state index in [1.807, 2.05) is 0 Å². The van der Waals surface area contributed by atoms with E-state index < -0.39 is 20.8 Å². The molecule has 0 atom stereocenters. The summed E-state index contributed by atoms with van der Waals surface area (Å²) in [5.74, 6) is 0.518. The Balaban J connectivity index is 0.000000878. The van der Waals surface area contributed by atoms with Gasteiger partial charge < -0.3 is 0 Å². The van der Waals surface area contributed by atoms with E-state index in [-0.39, 0.29) is 5.41 Å². The molecule has 0 nitrogen and oxygen atoms in total. The van der Waals surface area contributed by atoms with Gasteiger partial charge in [-0.15, -0.1) is 34.5 Å². The van der Waals surface area contributed by atoms with Gasteiger partial charge in [-0.25, -0.2) is 0 Å². The third kappa shape index (κ3) is 5.56. The molecular weight excluding hydrogens is 462 g/mol. The van der Waals surface area contributed by atoms with Gasteiger partial charge in [0.1, 0.15) is 0 Å². The first kappa shape index (κ1) is 23.8. The Hall–Kier alpha value is -0.487. The standard InChI is InChI=1S/C25H31.2ClH.Zr/c1-7-10-18-15-19-13-14-23(25(4,5)6)24(22(19)16-18)21-12-9-8-11-20(21)17(2)3;;;/h8-9,11-17H,7,10H2,1-6H3;2*1H;/q-1;;;+2/p-2. The van der Waals surface area contributed by atoms with E-state index in [1.165, 1.54) is 45.0 Å². The molecule has 0 heterocycles. The number of fused-ring (bicyclic) bond motifs is 1. The Labute approximate surface area is 189 Å². The number of aryl methyl sites for hydroxylation is 1. The van der Waals surface area contributed by atoms with E-state index in [0.717, 1.165) is 6.42 Å². The van der Waals surface area contributed by atoms with Crippen molar-refractivity contribution in [3.05, 3.63) is 65.2 Å². The average molecular weight is 494 g/mol. The van der Waals surface area contributed by atoms with Crippen molar-refractivity contribution >= 4 is 27.8 Å². The molecule has 3 aromatic rings. The van der Waals surface area contributed by atoms with E-state index in [1.54, 1.807) is 0 Å². The summed E-state index contributed by atoms with van der Waals surface area (Å²) in [5, 5.41) is 2.80. The minimum atomic E-state index is -0.826. The quantitative estimate of drug-likeness (QED) is 0.318. The van der Waals surface area contributed by atoms with Crippen LogP contribution in [0.25, 0.3) is 21.9 Å². The van der Waals surface area contributed by atoms with Crippen molar-refractivity contribution in [3.63, 3.8) is 0 Å². The topological polar surface area (TPSA) is 0 Å². The maximum atomic E-state index is 4.93. The summed E-state index contributed by atoms with van der Waals surface area (Å²) in [6, 6.07) is 18.4. The summed E-state index contributed by atoms with van der Waals surface area (Å²) in [5.41, 5.74) is 7.32. The number of hydrogen-bond acceptors (Lipinski definition) is 0. The van der Waals surface area contributed by atoms with Crippen LogP contribution in [0.1, 0.15) is 70.6 Å². The summed E-state index contributed by atoms with van der Waals surface area (Å²) in [7, 11) is 9.87. The molecule has 0 bridgehead atoms. The van der Waals surface area contributed by atoms with E-state index in [4.69, 9.17) is 17.0 Å². The van der Waals surface area contributed by atoms with Crippen LogP contribution in [0.3, 0.4) is 0 Å². The molecule has 0 N–H and O–H groups in total. The van der Waals surface area contributed by atoms with Crippen molar-refractivity contribution < 1.29 is 20.8 Å². The molecule has 150 valence electrons. The van der Waals surface area contributed by atoms with Crippen LogP contribution in [0, 0.1) is 0 Å². The van der Waals surface area contributed by atoms with Crippen LogP contribution >= 0.6 is 17.0 Å². The van der Waals surface area contributed by atoms with Crippen molar-refractivity contribution in [1.29, 1.82) is 0 Å². The third-order valence-corrected chi connectivity index (χ3v) is 5.15. The fourth-order valence-electron chi connectivity index (χ4n) is 3.92. The first-order valence-corrected chi connectivity index (χ1v) is 16.4. The number of hydrogen-bond donors (Lipinski definition) is 0. The molecule has 3 heteroatoms. The van der Waals surface area contributed by atoms with Crippen LogP contribution < -0.4 is 0 Å². The second-order valence-corrected chi connectivity index (χ2v) is 12.4. The number of rotatable bonds is 4. The summed E-state index contributed by atoms with van der Waals surface area (Å²) in [4.78, 5) is 0. The number of halogens is 2. The van der Waals surface area contributed by atoms with Crippen LogP contribution in [-0.4, -0.2) is 0 Å². The summed E-state index contributed by atoms with van der Waals surface area (Å²) in [6.45, 7) is 13.8. The second kappa shape index (κ2) is 10.5. The van der Waals surface area contributed by atoms with E-state index in [2.05, 4.69) is 90.1 Å². The Morgan fingerprint density at radius 2 is 1.68 bits per heavy atom. The molecule has 28 heavy (non-hydrogen) atoms. The normalized spacial score (nSPS) is 11.5. The van der Waals surface area contributed by atoms with Gasteiger partial charge in [0, 0.05) is 0 Å². The van der Waals surface area contributed by atoms with Crippen LogP contribution in [-0.2, 0) is 32.7 Å². The maximum absolute atomic E-state index is 4.93. The molecule has 0 fully saturated rings. The Morgan fingerprint density at radius 1 is 1.04 bits per heavy atom. The predicted octanol–water partition coefficient (Wildman–Crippen LogP) is 8.98. The van der Waals surface area contributed by atoms with E-state index in [9.17, 15) is 0 Å². The SMILES string of the molecule is CCCc1cc2c(-c3ccccc3C(C)C)c(C(C)(C)C)ccc2[cH-]1.[Cl][Zr][Cl]. The first-order chi connectivity index (χ1) is 13.2. The van der Waals surface area contributed by atoms with Gasteiger partial charge >= 0.3 is 37.9 Å². The fourth-order valence-corrected chi connectivity index (χ4v) is 3.92. The van der Waals surface area contributed by atoms with Crippen LogP contribution in [0.5, 0.6) is 0 Å². The van der Waals surface area contributed by atoms with Crippen molar-refractivity contribution in [3.8, 4) is 11.1 Å². The summed E-state index contributed by atoms with van der Waals surface area (Å²) in [6.07, 6.45) is 2.35. The Kier molecular flexibility index (Phi) is 8.93. The zero-order valence-electron chi connectivity index (χ0n) is 17.9. The van der Waals surface area contributed by atoms with Gasteiger partial charge in [0.05, 0.1) is 0 Å². The molecule has 0 aliphatic carbocycles. The molecule has 3 rings (SSSR count). The molecule has 0 unspecified atom stereocenters. The molecular formula is C25H31Cl2Zr-. The van der Waals surface area contributed by atoms with Crippen LogP contribution in [0.2, 0.25) is 0 Å². The third-order valence-electron chi connectivity index (χ3n) is 5.15. The van der Waals surface area contributed by atoms with E-state index >= 15 is 0 Å². The summed E-state index contributed by atoms with van der Waals surface area (Å²) >= 11 is -0.826. The van der Waals surface area contributed by atoms with Crippen molar-refractivity contribution in [2.75, 3.05) is 0 Å². The van der Waals surface area contributed by atoms with Gasteiger partial charge in [-0.1, -0.05) is 83.4 Å². The van der Waals surface area contributed by atoms with Crippen molar-refractivity contribution in [2.24, 2.45) is 0 Å². The van der Waals surface area contributed by atoms with Crippen LogP contribution in [0.4, 0.5) is 0 Å². The monoisotopic (exact) mass is 491 g/mol. The molecule has 0 amide bonds. The Morgan fingerprint density at radius 3 is 2.25 bits per heavy atom. The van der Waals surface area contributed by atoms with Gasteiger partial charge in [-0.3, -0.25) is 0 Å². The minimum absolute atomic E-state index is 0.121. The zero-order chi connectivity index (χ0) is 20.9. The molecule has 0 spiro atoms. The van der Waals surface area contributed by atoms with Gasteiger partial charge in [-0.05, 0) is 28.9 Å². The molecule has 0 aliphatic rings. The summed E-state index contributed by atoms with van der Waals surface area (Å²) < 4.78 is 0. The van der Waals surface area contributed by atoms with Gasteiger partial charge in [0.2, 0.25) is 0 Å². The molecule has 3 aromatic carbocycles. The predicted molar refractivity (Wildman–Crippen MR) is 123 cm³/mol. The van der Waals surface area contributed by atoms with E-state index in [0.29, 0.717) is 5.92 Å². The fraction of sp³-hybridized carbons (Fsp3) is 0.400. The first-order valence-electron chi connectivity index (χ1n) is 10.0. The van der Waals surface area contributed by atoms with Gasteiger partial charge in [0.25, 0.3) is 0 Å². The Bertz CT molecular complexity index is 901. The number of benzene rings is 2. The van der Waals surface area contributed by atoms with Gasteiger partial charge in [0.15, 0.2) is 0 Å². The van der Waals surface area contributed by atoms with Crippen molar-refractivity contribution in [1.82, 2.24) is 0 Å². The second-order valence-electron chi connectivity index (χ2n) is 8.67. The van der Waals surface area contributed by atoms with Crippen LogP contribution in [0.15, 0.2) is 48.5 Å². The molecule has 0 saturated heterocycles. The average Bonchev–Trinajstić information content (AvgIpc) is 3.03. The zero-order valence-corrected chi connectivity index (χ0v) is 21.8. The van der Waals surface area contributed by atoms with Crippen molar-refractivity contribution in [2.45, 2.75) is 65.7 Å². The molecule has 0 aromatic heterocycles. The van der Waals surface area contributed by atoms with Gasteiger partial charge in [-0.2, -0.15) is 6.07 Å².